The van der Waals surface area contributed by atoms with Crippen molar-refractivity contribution in [1.82, 2.24) is 24.8 Å². The SMILES string of the molecule is COC(=O)C[C@H]1CC[C@@H](CNC(=O)c2cnn3cccnc23)N1C.O=CO. The number of methoxy groups -OCH3 is 1. The van der Waals surface area contributed by atoms with Crippen LogP contribution in [-0.4, -0.2) is 75.7 Å². The Morgan fingerprint density at radius 1 is 1.41 bits per heavy atom. The Balaban J connectivity index is 0.000000817. The van der Waals surface area contributed by atoms with Crippen molar-refractivity contribution in [2.24, 2.45) is 0 Å². The number of amides is 1. The van der Waals surface area contributed by atoms with Crippen molar-refractivity contribution >= 4 is 24.0 Å². The van der Waals surface area contributed by atoms with E-state index in [4.69, 9.17) is 14.6 Å². The van der Waals surface area contributed by atoms with E-state index in [0.29, 0.717) is 24.2 Å². The van der Waals surface area contributed by atoms with Gasteiger partial charge in [-0.15, -0.1) is 0 Å². The molecule has 3 rings (SSSR count). The number of hydrogen-bond donors (Lipinski definition) is 2. The number of likely N-dealkylation sites (N-methyl/N-ethyl adjacent to an activating group) is 1. The molecule has 1 aliphatic rings. The van der Waals surface area contributed by atoms with Gasteiger partial charge in [0.15, 0.2) is 5.65 Å². The molecule has 2 atom stereocenters. The average molecular weight is 377 g/mol. The Hall–Kier alpha value is -3.01. The second-order valence-corrected chi connectivity index (χ2v) is 6.09. The van der Waals surface area contributed by atoms with Gasteiger partial charge in [-0.05, 0) is 26.0 Å². The van der Waals surface area contributed by atoms with Crippen LogP contribution in [0.2, 0.25) is 0 Å². The van der Waals surface area contributed by atoms with Gasteiger partial charge in [-0.1, -0.05) is 0 Å². The fraction of sp³-hybridized carbons (Fsp3) is 0.471. The minimum atomic E-state index is -0.250. The second kappa shape index (κ2) is 9.62. The summed E-state index contributed by atoms with van der Waals surface area (Å²) >= 11 is 0. The molecule has 0 radical (unpaired) electrons. The summed E-state index contributed by atoms with van der Waals surface area (Å²) in [6.45, 7) is 0.275. The first-order valence-electron chi connectivity index (χ1n) is 8.45. The maximum absolute atomic E-state index is 12.4. The van der Waals surface area contributed by atoms with Crippen molar-refractivity contribution in [2.45, 2.75) is 31.3 Å². The molecule has 1 fully saturated rings. The van der Waals surface area contributed by atoms with E-state index in [1.807, 2.05) is 7.05 Å². The summed E-state index contributed by atoms with van der Waals surface area (Å²) in [5, 5.41) is 14.0. The average Bonchev–Trinajstić information content (AvgIpc) is 3.25. The Bertz CT molecular complexity index is 793. The van der Waals surface area contributed by atoms with Crippen LogP contribution in [0.25, 0.3) is 5.65 Å². The summed E-state index contributed by atoms with van der Waals surface area (Å²) in [6, 6.07) is 2.13. The molecule has 146 valence electrons. The zero-order valence-electron chi connectivity index (χ0n) is 15.2. The monoisotopic (exact) mass is 377 g/mol. The molecule has 0 aliphatic carbocycles. The van der Waals surface area contributed by atoms with Gasteiger partial charge in [0.25, 0.3) is 12.4 Å². The van der Waals surface area contributed by atoms with E-state index >= 15 is 0 Å². The van der Waals surface area contributed by atoms with Gasteiger partial charge in [0.1, 0.15) is 5.56 Å². The Morgan fingerprint density at radius 2 is 2.11 bits per heavy atom. The number of carbonyl (C=O) groups is 3. The van der Waals surface area contributed by atoms with Gasteiger partial charge in [0, 0.05) is 31.0 Å². The number of carboxylic acid groups (broad SMARTS) is 1. The smallest absolute Gasteiger partial charge is 0.307 e. The summed E-state index contributed by atoms with van der Waals surface area (Å²) in [6.07, 6.45) is 7.15. The number of ether oxygens (including phenoxy) is 1. The zero-order valence-corrected chi connectivity index (χ0v) is 15.2. The van der Waals surface area contributed by atoms with Gasteiger partial charge in [0.2, 0.25) is 0 Å². The molecule has 1 amide bonds. The second-order valence-electron chi connectivity index (χ2n) is 6.09. The van der Waals surface area contributed by atoms with E-state index in [2.05, 4.69) is 20.3 Å². The molecule has 1 saturated heterocycles. The first kappa shape index (κ1) is 20.3. The van der Waals surface area contributed by atoms with Crippen LogP contribution in [-0.2, 0) is 14.3 Å². The van der Waals surface area contributed by atoms with Crippen molar-refractivity contribution in [3.8, 4) is 0 Å². The standard InChI is InChI=1S/C16H21N5O3.CH2O2/c1-20-11(8-14(22)24-2)4-5-12(20)9-18-16(23)13-10-19-21-7-3-6-17-15(13)21;2-1-3/h3,6-7,10-12H,4-5,8-9H2,1-2H3,(H,18,23);1H,(H,2,3)/t11-,12+;/m1./s1. The van der Waals surface area contributed by atoms with Crippen molar-refractivity contribution in [3.63, 3.8) is 0 Å². The van der Waals surface area contributed by atoms with Crippen LogP contribution in [0.1, 0.15) is 29.6 Å². The summed E-state index contributed by atoms with van der Waals surface area (Å²) in [7, 11) is 3.38. The number of nitrogens with one attached hydrogen (secondary N) is 1. The number of carbonyl (C=O) groups excluding carboxylic acids is 2. The number of rotatable bonds is 5. The highest BCUT2D eigenvalue weighted by Gasteiger charge is 2.32. The molecular formula is C17H23N5O5. The molecule has 0 bridgehead atoms. The molecule has 0 saturated carbocycles. The fourth-order valence-corrected chi connectivity index (χ4v) is 3.15. The molecule has 10 heteroatoms. The predicted octanol–water partition coefficient (Wildman–Crippen LogP) is 0.186. The quantitative estimate of drug-likeness (QED) is 0.558. The van der Waals surface area contributed by atoms with Crippen LogP contribution in [0.5, 0.6) is 0 Å². The maximum atomic E-state index is 12.4. The first-order chi connectivity index (χ1) is 13.0. The van der Waals surface area contributed by atoms with E-state index in [9.17, 15) is 9.59 Å². The van der Waals surface area contributed by atoms with E-state index in [1.165, 1.54) is 13.3 Å². The lowest BCUT2D eigenvalue weighted by molar-refractivity contribution is -0.141. The van der Waals surface area contributed by atoms with Crippen LogP contribution in [0.4, 0.5) is 0 Å². The third-order valence-electron chi connectivity index (χ3n) is 4.64. The summed E-state index contributed by atoms with van der Waals surface area (Å²) < 4.78 is 6.30. The molecule has 3 heterocycles. The third-order valence-corrected chi connectivity index (χ3v) is 4.64. The zero-order chi connectivity index (χ0) is 19.8. The van der Waals surface area contributed by atoms with E-state index in [-0.39, 0.29) is 30.4 Å². The number of nitrogens with zero attached hydrogens (tertiary/aromatic N) is 4. The fourth-order valence-electron chi connectivity index (χ4n) is 3.15. The van der Waals surface area contributed by atoms with Gasteiger partial charge in [-0.25, -0.2) is 9.50 Å². The van der Waals surface area contributed by atoms with Gasteiger partial charge >= 0.3 is 5.97 Å². The topological polar surface area (TPSA) is 126 Å². The highest BCUT2D eigenvalue weighted by atomic mass is 16.5. The van der Waals surface area contributed by atoms with E-state index in [0.717, 1.165) is 12.8 Å². The number of hydrogen-bond acceptors (Lipinski definition) is 7. The molecular weight excluding hydrogens is 354 g/mol. The van der Waals surface area contributed by atoms with Crippen molar-refractivity contribution in [1.29, 1.82) is 0 Å². The first-order valence-corrected chi connectivity index (χ1v) is 8.45. The lowest BCUT2D eigenvalue weighted by Gasteiger charge is -2.25. The summed E-state index contributed by atoms with van der Waals surface area (Å²) in [5.74, 6) is -0.387. The Kier molecular flexibility index (Phi) is 7.24. The maximum Gasteiger partial charge on any atom is 0.307 e. The van der Waals surface area contributed by atoms with Crippen LogP contribution in [0.3, 0.4) is 0 Å². The highest BCUT2D eigenvalue weighted by molar-refractivity contribution is 5.99. The number of esters is 1. The molecule has 2 N–H and O–H groups in total. The summed E-state index contributed by atoms with van der Waals surface area (Å²) in [4.78, 5) is 38.5. The van der Waals surface area contributed by atoms with Crippen molar-refractivity contribution < 1.29 is 24.2 Å². The predicted molar refractivity (Wildman–Crippen MR) is 95.2 cm³/mol. The number of aromatic nitrogens is 3. The lowest BCUT2D eigenvalue weighted by atomic mass is 10.1. The minimum absolute atomic E-state index is 0.165. The molecule has 2 aromatic heterocycles. The Labute approximate surface area is 156 Å². The molecule has 0 unspecified atom stereocenters. The molecule has 10 nitrogen and oxygen atoms in total. The molecule has 0 aromatic carbocycles. The van der Waals surface area contributed by atoms with Gasteiger partial charge in [-0.3, -0.25) is 19.3 Å². The van der Waals surface area contributed by atoms with Crippen molar-refractivity contribution in [3.05, 3.63) is 30.2 Å². The largest absolute Gasteiger partial charge is 0.483 e. The van der Waals surface area contributed by atoms with Crippen LogP contribution >= 0.6 is 0 Å². The third kappa shape index (κ3) is 5.00. The van der Waals surface area contributed by atoms with Crippen LogP contribution in [0, 0.1) is 0 Å². The number of fused-ring (bicyclic) bond motifs is 1. The molecule has 27 heavy (non-hydrogen) atoms. The minimum Gasteiger partial charge on any atom is -0.483 e. The normalized spacial score (nSPS) is 19.2. The summed E-state index contributed by atoms with van der Waals surface area (Å²) in [5.41, 5.74) is 1.00. The van der Waals surface area contributed by atoms with Crippen molar-refractivity contribution in [2.75, 3.05) is 20.7 Å². The lowest BCUT2D eigenvalue weighted by Crippen LogP contribution is -2.41. The molecule has 1 aliphatic heterocycles. The molecule has 2 aromatic rings. The molecule has 0 spiro atoms. The highest BCUT2D eigenvalue weighted by Crippen LogP contribution is 2.24. The van der Waals surface area contributed by atoms with Crippen LogP contribution < -0.4 is 5.32 Å². The number of likely N-dealkylation sites (tertiary alicyclic amines) is 1. The van der Waals surface area contributed by atoms with Crippen LogP contribution in [0.15, 0.2) is 24.7 Å². The Morgan fingerprint density at radius 3 is 2.81 bits per heavy atom. The van der Waals surface area contributed by atoms with Gasteiger partial charge in [-0.2, -0.15) is 5.10 Å². The van der Waals surface area contributed by atoms with Gasteiger partial charge < -0.3 is 15.2 Å². The van der Waals surface area contributed by atoms with E-state index < -0.39 is 0 Å². The van der Waals surface area contributed by atoms with Gasteiger partial charge in [0.05, 0.1) is 19.7 Å². The van der Waals surface area contributed by atoms with E-state index in [1.54, 1.807) is 23.0 Å².